The molecule has 6 rings (SSSR count). The number of ether oxygens (including phenoxy) is 2. The van der Waals surface area contributed by atoms with Crippen LogP contribution in [-0.2, 0) is 10.0 Å². The molecule has 0 unspecified atom stereocenters. The van der Waals surface area contributed by atoms with Crippen LogP contribution in [0.15, 0.2) is 113 Å². The van der Waals surface area contributed by atoms with E-state index in [2.05, 4.69) is 44.2 Å². The van der Waals surface area contributed by atoms with E-state index < -0.39 is 10.0 Å². The quantitative estimate of drug-likeness (QED) is 0.210. The highest BCUT2D eigenvalue weighted by Crippen LogP contribution is 2.51. The highest BCUT2D eigenvalue weighted by Gasteiger charge is 2.39. The maximum atomic E-state index is 13.4. The standard InChI is InChI=1S/C31H27BrN2O4S/c1-37-30-17-10-20(32)18-28(30)31-26-9-5-8-25(26)27-19-24(15-16-29(27)33-31)39(35,36)34-21-11-13-23(14-12-21)38-22-6-3-2-4-7-22/h2-8,10-19,25-26,31,33-34H,9H2,1H3/t25-,26+,31-/m0/s1. The Kier molecular flexibility index (Phi) is 6.83. The molecule has 0 amide bonds. The fourth-order valence-corrected chi connectivity index (χ4v) is 6.90. The predicted molar refractivity (Wildman–Crippen MR) is 157 cm³/mol. The van der Waals surface area contributed by atoms with Gasteiger partial charge >= 0.3 is 0 Å². The summed E-state index contributed by atoms with van der Waals surface area (Å²) >= 11 is 3.59. The number of sulfonamides is 1. The Morgan fingerprint density at radius 1 is 0.897 bits per heavy atom. The molecule has 2 N–H and O–H groups in total. The highest BCUT2D eigenvalue weighted by molar-refractivity contribution is 9.10. The topological polar surface area (TPSA) is 76.7 Å². The lowest BCUT2D eigenvalue weighted by Gasteiger charge is -2.38. The average Bonchev–Trinajstić information content (AvgIpc) is 3.44. The number of benzene rings is 4. The van der Waals surface area contributed by atoms with Gasteiger partial charge in [0.15, 0.2) is 0 Å². The lowest BCUT2D eigenvalue weighted by Crippen LogP contribution is -2.29. The van der Waals surface area contributed by atoms with Crippen molar-refractivity contribution in [1.82, 2.24) is 0 Å². The fourth-order valence-electron chi connectivity index (χ4n) is 5.43. The molecule has 1 aliphatic heterocycles. The minimum atomic E-state index is -3.80. The van der Waals surface area contributed by atoms with Crippen LogP contribution in [-0.4, -0.2) is 15.5 Å². The van der Waals surface area contributed by atoms with E-state index in [0.717, 1.165) is 33.5 Å². The van der Waals surface area contributed by atoms with E-state index >= 15 is 0 Å². The molecule has 198 valence electrons. The van der Waals surface area contributed by atoms with Gasteiger partial charge in [0, 0.05) is 27.3 Å². The minimum absolute atomic E-state index is 0.0298. The number of para-hydroxylation sites is 1. The van der Waals surface area contributed by atoms with Crippen molar-refractivity contribution in [3.05, 3.63) is 119 Å². The second-order valence-corrected chi connectivity index (χ2v) is 12.3. The first kappa shape index (κ1) is 25.5. The van der Waals surface area contributed by atoms with Gasteiger partial charge in [-0.2, -0.15) is 0 Å². The van der Waals surface area contributed by atoms with Crippen molar-refractivity contribution in [3.8, 4) is 17.2 Å². The Morgan fingerprint density at radius 2 is 1.67 bits per heavy atom. The number of anilines is 2. The molecule has 0 radical (unpaired) electrons. The summed E-state index contributed by atoms with van der Waals surface area (Å²) in [6, 6.07) is 27.7. The van der Waals surface area contributed by atoms with Crippen molar-refractivity contribution >= 4 is 37.3 Å². The number of allylic oxidation sites excluding steroid dienone is 2. The summed E-state index contributed by atoms with van der Waals surface area (Å²) in [4.78, 5) is 0.227. The van der Waals surface area contributed by atoms with Gasteiger partial charge < -0.3 is 14.8 Å². The first-order valence-electron chi connectivity index (χ1n) is 12.7. The molecule has 0 bridgehead atoms. The summed E-state index contributed by atoms with van der Waals surface area (Å²) < 4.78 is 41.9. The molecule has 0 spiro atoms. The Labute approximate surface area is 236 Å². The number of hydrogen-bond donors (Lipinski definition) is 2. The van der Waals surface area contributed by atoms with E-state index in [1.807, 2.05) is 48.5 Å². The largest absolute Gasteiger partial charge is 0.496 e. The summed E-state index contributed by atoms with van der Waals surface area (Å²) in [7, 11) is -2.12. The van der Waals surface area contributed by atoms with Crippen molar-refractivity contribution in [3.63, 3.8) is 0 Å². The molecule has 8 heteroatoms. The maximum absolute atomic E-state index is 13.4. The minimum Gasteiger partial charge on any atom is -0.496 e. The molecule has 1 heterocycles. The van der Waals surface area contributed by atoms with Crippen LogP contribution < -0.4 is 19.5 Å². The van der Waals surface area contributed by atoms with Crippen molar-refractivity contribution < 1.29 is 17.9 Å². The Morgan fingerprint density at radius 3 is 2.44 bits per heavy atom. The SMILES string of the molecule is COc1ccc(Br)cc1[C@H]1Nc2ccc(S(=O)(=O)Nc3ccc(Oc4ccccc4)cc3)cc2[C@H]2C=CC[C@H]21. The average molecular weight is 604 g/mol. The molecule has 4 aromatic carbocycles. The maximum Gasteiger partial charge on any atom is 0.261 e. The van der Waals surface area contributed by atoms with E-state index in [-0.39, 0.29) is 22.8 Å². The monoisotopic (exact) mass is 602 g/mol. The van der Waals surface area contributed by atoms with E-state index in [4.69, 9.17) is 9.47 Å². The number of nitrogens with one attached hydrogen (secondary N) is 2. The van der Waals surface area contributed by atoms with Gasteiger partial charge in [0.25, 0.3) is 10.0 Å². The molecule has 0 saturated carbocycles. The fraction of sp³-hybridized carbons (Fsp3) is 0.161. The summed E-state index contributed by atoms with van der Waals surface area (Å²) in [5.74, 6) is 2.50. The molecule has 0 saturated heterocycles. The van der Waals surface area contributed by atoms with Crippen LogP contribution in [0.5, 0.6) is 17.2 Å². The number of halogens is 1. The smallest absolute Gasteiger partial charge is 0.261 e. The van der Waals surface area contributed by atoms with E-state index in [9.17, 15) is 8.42 Å². The third-order valence-electron chi connectivity index (χ3n) is 7.26. The van der Waals surface area contributed by atoms with Crippen molar-refractivity contribution in [2.24, 2.45) is 5.92 Å². The Hall–Kier alpha value is -3.75. The molecule has 3 atom stereocenters. The second-order valence-electron chi connectivity index (χ2n) is 9.66. The molecule has 1 aliphatic carbocycles. The van der Waals surface area contributed by atoms with Gasteiger partial charge in [0.1, 0.15) is 17.2 Å². The first-order valence-corrected chi connectivity index (χ1v) is 15.0. The van der Waals surface area contributed by atoms with E-state index in [0.29, 0.717) is 17.2 Å². The van der Waals surface area contributed by atoms with Gasteiger partial charge in [-0.3, -0.25) is 4.72 Å². The lowest BCUT2D eigenvalue weighted by atomic mass is 9.77. The molecular formula is C31H27BrN2O4S. The summed E-state index contributed by atoms with van der Waals surface area (Å²) in [5.41, 5.74) is 3.45. The summed E-state index contributed by atoms with van der Waals surface area (Å²) in [5, 5.41) is 3.67. The van der Waals surface area contributed by atoms with Crippen LogP contribution >= 0.6 is 15.9 Å². The summed E-state index contributed by atoms with van der Waals surface area (Å²) in [6.45, 7) is 0. The molecule has 2 aliphatic rings. The van der Waals surface area contributed by atoms with Gasteiger partial charge in [0.05, 0.1) is 18.0 Å². The van der Waals surface area contributed by atoms with E-state index in [1.165, 1.54) is 0 Å². The van der Waals surface area contributed by atoms with Crippen LogP contribution in [0.25, 0.3) is 0 Å². The van der Waals surface area contributed by atoms with Crippen LogP contribution in [0.1, 0.15) is 29.5 Å². The zero-order chi connectivity index (χ0) is 27.0. The zero-order valence-corrected chi connectivity index (χ0v) is 23.6. The molecule has 4 aromatic rings. The van der Waals surface area contributed by atoms with Gasteiger partial charge in [0.2, 0.25) is 0 Å². The van der Waals surface area contributed by atoms with Crippen LogP contribution in [0, 0.1) is 5.92 Å². The van der Waals surface area contributed by atoms with Gasteiger partial charge in [-0.1, -0.05) is 46.3 Å². The van der Waals surface area contributed by atoms with Crippen LogP contribution in [0.2, 0.25) is 0 Å². The predicted octanol–water partition coefficient (Wildman–Crippen LogP) is 7.88. The third-order valence-corrected chi connectivity index (χ3v) is 9.13. The van der Waals surface area contributed by atoms with Crippen LogP contribution in [0.3, 0.4) is 0 Å². The first-order chi connectivity index (χ1) is 18.9. The molecule has 0 aromatic heterocycles. The molecular weight excluding hydrogens is 576 g/mol. The normalized spacial score (nSPS) is 19.5. The number of fused-ring (bicyclic) bond motifs is 3. The third kappa shape index (κ3) is 5.14. The second kappa shape index (κ2) is 10.4. The number of hydrogen-bond acceptors (Lipinski definition) is 5. The number of methoxy groups -OCH3 is 1. The number of rotatable bonds is 7. The molecule has 0 fully saturated rings. The Bertz CT molecular complexity index is 1640. The molecule has 39 heavy (non-hydrogen) atoms. The van der Waals surface area contributed by atoms with Gasteiger partial charge in [-0.25, -0.2) is 8.42 Å². The van der Waals surface area contributed by atoms with Crippen molar-refractivity contribution in [2.45, 2.75) is 23.3 Å². The zero-order valence-electron chi connectivity index (χ0n) is 21.2. The van der Waals surface area contributed by atoms with Gasteiger partial charge in [-0.15, -0.1) is 0 Å². The summed E-state index contributed by atoms with van der Waals surface area (Å²) in [6.07, 6.45) is 5.27. The molecule has 6 nitrogen and oxygen atoms in total. The Balaban J connectivity index is 1.25. The van der Waals surface area contributed by atoms with Crippen molar-refractivity contribution in [1.29, 1.82) is 0 Å². The van der Waals surface area contributed by atoms with Crippen LogP contribution in [0.4, 0.5) is 11.4 Å². The lowest BCUT2D eigenvalue weighted by molar-refractivity contribution is 0.381. The van der Waals surface area contributed by atoms with Gasteiger partial charge in [-0.05, 0) is 90.7 Å². The van der Waals surface area contributed by atoms with E-state index in [1.54, 1.807) is 43.5 Å². The van der Waals surface area contributed by atoms with Crippen molar-refractivity contribution in [2.75, 3.05) is 17.1 Å². The highest BCUT2D eigenvalue weighted by atomic mass is 79.9.